The average molecular weight is 597 g/mol. The molecule has 3 aromatic carbocycles. The first-order chi connectivity index (χ1) is 17.5. The van der Waals surface area contributed by atoms with Crippen LogP contribution in [0.4, 0.5) is 0 Å². The molecule has 1 atom stereocenters. The van der Waals surface area contributed by atoms with E-state index < -0.39 is 6.10 Å². The number of methoxy groups -OCH3 is 3. The number of hydrogen-bond acceptors (Lipinski definition) is 8. The Balaban J connectivity index is 0.00000380. The van der Waals surface area contributed by atoms with Crippen molar-refractivity contribution in [1.29, 1.82) is 0 Å². The van der Waals surface area contributed by atoms with Crippen molar-refractivity contribution in [2.45, 2.75) is 19.1 Å². The summed E-state index contributed by atoms with van der Waals surface area (Å²) < 4.78 is 33.6. The van der Waals surface area contributed by atoms with Crippen LogP contribution in [0.15, 0.2) is 53.0 Å². The lowest BCUT2D eigenvalue weighted by molar-refractivity contribution is 0.105. The van der Waals surface area contributed by atoms with E-state index in [1.807, 2.05) is 30.3 Å². The van der Waals surface area contributed by atoms with E-state index in [-0.39, 0.29) is 25.8 Å². The molecule has 3 aromatic rings. The number of benzene rings is 3. The van der Waals surface area contributed by atoms with Gasteiger partial charge in [0.25, 0.3) is 0 Å². The Morgan fingerprint density at radius 2 is 1.62 bits per heavy atom. The van der Waals surface area contributed by atoms with Gasteiger partial charge in [-0.05, 0) is 82.0 Å². The molecule has 10 heteroatoms. The maximum Gasteiger partial charge on any atom is 0.231 e. The highest BCUT2D eigenvalue weighted by molar-refractivity contribution is 9.10. The molecule has 200 valence electrons. The molecular weight excluding hydrogens is 566 g/mol. The molecule has 8 nitrogen and oxygen atoms in total. The van der Waals surface area contributed by atoms with E-state index in [0.717, 1.165) is 40.1 Å². The summed E-state index contributed by atoms with van der Waals surface area (Å²) in [4.78, 5) is 0. The molecule has 1 heterocycles. The second kappa shape index (κ2) is 13.6. The lowest BCUT2D eigenvalue weighted by atomic mass is 10.1. The van der Waals surface area contributed by atoms with E-state index >= 15 is 0 Å². The van der Waals surface area contributed by atoms with Crippen molar-refractivity contribution in [1.82, 2.24) is 5.32 Å². The molecule has 0 fully saturated rings. The average Bonchev–Trinajstić information content (AvgIpc) is 3.38. The van der Waals surface area contributed by atoms with Gasteiger partial charge >= 0.3 is 0 Å². The highest BCUT2D eigenvalue weighted by Crippen LogP contribution is 2.38. The number of rotatable bonds is 12. The normalized spacial score (nSPS) is 12.5. The van der Waals surface area contributed by atoms with Crippen LogP contribution in [0.5, 0.6) is 34.5 Å². The first kappa shape index (κ1) is 28.7. The van der Waals surface area contributed by atoms with Crippen LogP contribution in [0.2, 0.25) is 0 Å². The molecule has 37 heavy (non-hydrogen) atoms. The molecule has 2 N–H and O–H groups in total. The third-order valence-corrected chi connectivity index (χ3v) is 6.41. The number of fused-ring (bicyclic) bond motifs is 1. The highest BCUT2D eigenvalue weighted by atomic mass is 79.9. The number of hydrogen-bond donors (Lipinski definition) is 2. The van der Waals surface area contributed by atoms with Gasteiger partial charge in [0.1, 0.15) is 12.7 Å². The summed E-state index contributed by atoms with van der Waals surface area (Å²) in [5.74, 6) is 3.85. The van der Waals surface area contributed by atoms with Crippen molar-refractivity contribution in [3.8, 4) is 34.5 Å². The van der Waals surface area contributed by atoms with Gasteiger partial charge in [-0.2, -0.15) is 0 Å². The molecule has 0 radical (unpaired) electrons. The molecule has 0 aliphatic carbocycles. The summed E-state index contributed by atoms with van der Waals surface area (Å²) in [6.45, 7) is 1.68. The molecule has 1 unspecified atom stereocenters. The lowest BCUT2D eigenvalue weighted by Gasteiger charge is -2.17. The van der Waals surface area contributed by atoms with Crippen LogP contribution in [0.25, 0.3) is 0 Å². The van der Waals surface area contributed by atoms with Crippen LogP contribution in [-0.2, 0) is 13.0 Å². The Bertz CT molecular complexity index is 1190. The molecule has 1 aliphatic heterocycles. The minimum atomic E-state index is -0.839. The molecule has 0 saturated heterocycles. The van der Waals surface area contributed by atoms with E-state index in [1.165, 1.54) is 0 Å². The quantitative estimate of drug-likeness (QED) is 0.280. The van der Waals surface area contributed by atoms with Gasteiger partial charge in [0, 0.05) is 6.54 Å². The summed E-state index contributed by atoms with van der Waals surface area (Å²) in [6, 6.07) is 15.2. The third kappa shape index (κ3) is 7.13. The minimum Gasteiger partial charge on any atom is -0.493 e. The zero-order chi connectivity index (χ0) is 25.5. The summed E-state index contributed by atoms with van der Waals surface area (Å²) in [5.41, 5.74) is 2.88. The van der Waals surface area contributed by atoms with Gasteiger partial charge in [0.2, 0.25) is 6.79 Å². The number of halogens is 2. The zero-order valence-electron chi connectivity index (χ0n) is 20.9. The Labute approximate surface area is 231 Å². The summed E-state index contributed by atoms with van der Waals surface area (Å²) in [5, 5.41) is 14.1. The van der Waals surface area contributed by atoms with Crippen LogP contribution in [0.3, 0.4) is 0 Å². The predicted octanol–water partition coefficient (Wildman–Crippen LogP) is 5.07. The van der Waals surface area contributed by atoms with Gasteiger partial charge < -0.3 is 38.8 Å². The fourth-order valence-corrected chi connectivity index (χ4v) is 4.50. The van der Waals surface area contributed by atoms with E-state index in [9.17, 15) is 5.11 Å². The highest BCUT2D eigenvalue weighted by Gasteiger charge is 2.19. The topological polar surface area (TPSA) is 87.6 Å². The maximum absolute atomic E-state index is 10.6. The van der Waals surface area contributed by atoms with Crippen LogP contribution in [0, 0.1) is 0 Å². The second-order valence-electron chi connectivity index (χ2n) is 8.16. The fourth-order valence-electron chi connectivity index (χ4n) is 3.90. The van der Waals surface area contributed by atoms with Crippen LogP contribution in [0.1, 0.15) is 22.8 Å². The van der Waals surface area contributed by atoms with Gasteiger partial charge in [-0.3, -0.25) is 0 Å². The largest absolute Gasteiger partial charge is 0.493 e. The van der Waals surface area contributed by atoms with Gasteiger partial charge in [-0.1, -0.05) is 12.1 Å². The molecule has 0 bridgehead atoms. The first-order valence-corrected chi connectivity index (χ1v) is 12.3. The lowest BCUT2D eigenvalue weighted by Crippen LogP contribution is -2.17. The van der Waals surface area contributed by atoms with Gasteiger partial charge in [0.15, 0.2) is 34.5 Å². The Morgan fingerprint density at radius 3 is 2.38 bits per heavy atom. The van der Waals surface area contributed by atoms with Crippen molar-refractivity contribution in [3.05, 3.63) is 69.7 Å². The maximum atomic E-state index is 10.6. The van der Waals surface area contributed by atoms with Gasteiger partial charge in [-0.15, -0.1) is 12.4 Å². The smallest absolute Gasteiger partial charge is 0.231 e. The predicted molar refractivity (Wildman–Crippen MR) is 146 cm³/mol. The number of aliphatic hydroxyl groups is 1. The minimum absolute atomic E-state index is 0. The van der Waals surface area contributed by atoms with Crippen molar-refractivity contribution >= 4 is 28.3 Å². The van der Waals surface area contributed by atoms with Crippen LogP contribution < -0.4 is 33.7 Å². The number of nitrogens with one attached hydrogen (secondary N) is 1. The number of ether oxygens (including phenoxy) is 6. The molecule has 0 aromatic heterocycles. The molecule has 0 saturated carbocycles. The SMILES string of the molecule is COc1ccc(CCNCc2cc(Br)c(OCC(O)c3ccc4c(c3)OCO4)c(OC)c2)cc1OC.Cl. The zero-order valence-corrected chi connectivity index (χ0v) is 23.3. The van der Waals surface area contributed by atoms with E-state index in [1.54, 1.807) is 39.5 Å². The molecule has 0 amide bonds. The summed E-state index contributed by atoms with van der Waals surface area (Å²) in [6.07, 6.45) is 0.00598. The second-order valence-corrected chi connectivity index (χ2v) is 9.02. The number of aliphatic hydroxyl groups excluding tert-OH is 1. The van der Waals surface area contributed by atoms with Crippen molar-refractivity contribution in [3.63, 3.8) is 0 Å². The first-order valence-electron chi connectivity index (χ1n) is 11.5. The van der Waals surface area contributed by atoms with Crippen LogP contribution in [-0.4, -0.2) is 46.4 Å². The molecular formula is C27H31BrClNO7. The van der Waals surface area contributed by atoms with Crippen molar-refractivity contribution in [2.75, 3.05) is 41.3 Å². The van der Waals surface area contributed by atoms with Crippen LogP contribution >= 0.6 is 28.3 Å². The van der Waals surface area contributed by atoms with Crippen molar-refractivity contribution < 1.29 is 33.5 Å². The molecule has 0 spiro atoms. The Kier molecular flexibility index (Phi) is 10.6. The third-order valence-electron chi connectivity index (χ3n) is 5.82. The standard InChI is InChI=1S/C27H30BrNO7.ClH/c1-31-22-6-4-17(11-24(22)32-2)8-9-29-14-18-10-20(28)27(26(12-18)33-3)34-15-21(30)19-5-7-23-25(13-19)36-16-35-23;/h4-7,10-13,21,29-30H,8-9,14-16H2,1-3H3;1H. The fraction of sp³-hybridized carbons (Fsp3) is 0.333. The Morgan fingerprint density at radius 1 is 0.892 bits per heavy atom. The van der Waals surface area contributed by atoms with Gasteiger partial charge in [0.05, 0.1) is 25.8 Å². The Hall–Kier alpha value is -2.85. The summed E-state index contributed by atoms with van der Waals surface area (Å²) >= 11 is 3.58. The van der Waals surface area contributed by atoms with E-state index in [4.69, 9.17) is 28.4 Å². The summed E-state index contributed by atoms with van der Waals surface area (Å²) in [7, 11) is 4.86. The van der Waals surface area contributed by atoms with E-state index in [2.05, 4.69) is 21.2 Å². The monoisotopic (exact) mass is 595 g/mol. The van der Waals surface area contributed by atoms with Crippen molar-refractivity contribution in [2.24, 2.45) is 0 Å². The molecule has 4 rings (SSSR count). The van der Waals surface area contributed by atoms with E-state index in [0.29, 0.717) is 35.1 Å². The molecule has 1 aliphatic rings. The van der Waals surface area contributed by atoms with Gasteiger partial charge in [-0.25, -0.2) is 0 Å².